The zero-order valence-electron chi connectivity index (χ0n) is 10.3. The average Bonchev–Trinajstić information content (AvgIpc) is 2.28. The average molecular weight is 229 g/mol. The number of amides is 1. The highest BCUT2D eigenvalue weighted by atomic mass is 16.5. The summed E-state index contributed by atoms with van der Waals surface area (Å²) in [7, 11) is 0. The van der Waals surface area contributed by atoms with Crippen LogP contribution >= 0.6 is 0 Å². The van der Waals surface area contributed by atoms with Crippen LogP contribution in [0.4, 0.5) is 0 Å². The molecule has 1 fully saturated rings. The summed E-state index contributed by atoms with van der Waals surface area (Å²) in [6.07, 6.45) is 3.45. The van der Waals surface area contributed by atoms with Crippen molar-refractivity contribution in [2.24, 2.45) is 5.92 Å². The molecule has 0 aromatic rings. The number of hydrogen-bond donors (Lipinski definition) is 1. The number of carbonyl (C=O) groups excluding carboxylic acids is 1. The third-order valence-corrected chi connectivity index (χ3v) is 3.08. The van der Waals surface area contributed by atoms with Crippen molar-refractivity contribution in [1.82, 2.24) is 4.90 Å². The quantitative estimate of drug-likeness (QED) is 0.766. The number of piperidine rings is 1. The maximum absolute atomic E-state index is 11.2. The van der Waals surface area contributed by atoms with E-state index in [0.29, 0.717) is 12.0 Å². The van der Waals surface area contributed by atoms with Gasteiger partial charge >= 0.3 is 0 Å². The maximum Gasteiger partial charge on any atom is 0.248 e. The molecule has 0 spiro atoms. The van der Waals surface area contributed by atoms with E-state index >= 15 is 0 Å². The van der Waals surface area contributed by atoms with Gasteiger partial charge in [-0.25, -0.2) is 0 Å². The minimum Gasteiger partial charge on any atom is -0.387 e. The zero-order chi connectivity index (χ0) is 12.0. The molecule has 0 unspecified atom stereocenters. The van der Waals surface area contributed by atoms with Crippen LogP contribution < -0.4 is 0 Å². The van der Waals surface area contributed by atoms with Crippen LogP contribution in [0.5, 0.6) is 0 Å². The van der Waals surface area contributed by atoms with E-state index in [-0.39, 0.29) is 12.5 Å². The van der Waals surface area contributed by atoms with Gasteiger partial charge in [0.1, 0.15) is 6.61 Å². The van der Waals surface area contributed by atoms with E-state index in [2.05, 4.69) is 0 Å². The highest BCUT2D eigenvalue weighted by Gasteiger charge is 2.21. The summed E-state index contributed by atoms with van der Waals surface area (Å²) in [5.41, 5.74) is 0. The van der Waals surface area contributed by atoms with Crippen molar-refractivity contribution in [2.45, 2.75) is 39.2 Å². The molecular formula is C12H23NO3. The molecule has 16 heavy (non-hydrogen) atoms. The highest BCUT2D eigenvalue weighted by Crippen LogP contribution is 2.20. The number of aliphatic hydroxyl groups is 1. The molecule has 1 aliphatic heterocycles. The van der Waals surface area contributed by atoms with Crippen molar-refractivity contribution < 1.29 is 14.6 Å². The lowest BCUT2D eigenvalue weighted by Gasteiger charge is -2.31. The van der Waals surface area contributed by atoms with Gasteiger partial charge in [0, 0.05) is 19.7 Å². The van der Waals surface area contributed by atoms with Gasteiger partial charge in [-0.15, -0.1) is 0 Å². The molecule has 4 nitrogen and oxygen atoms in total. The molecule has 1 saturated heterocycles. The lowest BCUT2D eigenvalue weighted by Crippen LogP contribution is -2.40. The fourth-order valence-corrected chi connectivity index (χ4v) is 2.04. The van der Waals surface area contributed by atoms with Gasteiger partial charge in [-0.2, -0.15) is 0 Å². The Bertz CT molecular complexity index is 210. The summed E-state index contributed by atoms with van der Waals surface area (Å²) < 4.78 is 5.52. The van der Waals surface area contributed by atoms with Crippen molar-refractivity contribution in [3.63, 3.8) is 0 Å². The van der Waals surface area contributed by atoms with Crippen molar-refractivity contribution >= 4 is 5.91 Å². The van der Waals surface area contributed by atoms with Crippen LogP contribution in [0.1, 0.15) is 33.1 Å². The van der Waals surface area contributed by atoms with E-state index in [0.717, 1.165) is 39.0 Å². The van der Waals surface area contributed by atoms with Crippen LogP contribution in [-0.4, -0.2) is 48.3 Å². The molecule has 1 amide bonds. The molecule has 1 N–H and O–H groups in total. The molecule has 0 aromatic heterocycles. The first-order valence-corrected chi connectivity index (χ1v) is 6.13. The molecule has 94 valence electrons. The largest absolute Gasteiger partial charge is 0.387 e. The Morgan fingerprint density at radius 1 is 1.44 bits per heavy atom. The minimum absolute atomic E-state index is 0.142. The van der Waals surface area contributed by atoms with Crippen LogP contribution in [0.2, 0.25) is 0 Å². The highest BCUT2D eigenvalue weighted by molar-refractivity contribution is 5.77. The summed E-state index contributed by atoms with van der Waals surface area (Å²) in [6, 6.07) is 0. The molecule has 0 radical (unpaired) electrons. The van der Waals surface area contributed by atoms with Crippen LogP contribution in [0.15, 0.2) is 0 Å². The topological polar surface area (TPSA) is 49.8 Å². The maximum atomic E-state index is 11.2. The molecule has 0 saturated carbocycles. The summed E-state index contributed by atoms with van der Waals surface area (Å²) in [4.78, 5) is 13.0. The zero-order valence-corrected chi connectivity index (χ0v) is 10.3. The van der Waals surface area contributed by atoms with E-state index in [1.54, 1.807) is 4.90 Å². The smallest absolute Gasteiger partial charge is 0.248 e. The number of ether oxygens (including phenoxy) is 1. The molecule has 0 aromatic carbocycles. The summed E-state index contributed by atoms with van der Waals surface area (Å²) in [5, 5.41) is 8.74. The van der Waals surface area contributed by atoms with E-state index in [9.17, 15) is 4.79 Å². The molecule has 1 rings (SSSR count). The Morgan fingerprint density at radius 3 is 2.56 bits per heavy atom. The Kier molecular flexibility index (Phi) is 5.77. The molecular weight excluding hydrogens is 206 g/mol. The van der Waals surface area contributed by atoms with Gasteiger partial charge in [0.15, 0.2) is 0 Å². The Morgan fingerprint density at radius 2 is 2.06 bits per heavy atom. The number of aliphatic hydroxyl groups excluding tert-OH is 1. The fourth-order valence-electron chi connectivity index (χ4n) is 2.04. The van der Waals surface area contributed by atoms with Crippen LogP contribution in [0.3, 0.4) is 0 Å². The van der Waals surface area contributed by atoms with Gasteiger partial charge in [0.25, 0.3) is 0 Å². The fraction of sp³-hybridized carbons (Fsp3) is 0.917. The van der Waals surface area contributed by atoms with Crippen LogP contribution in [0.25, 0.3) is 0 Å². The Labute approximate surface area is 97.6 Å². The normalized spacial score (nSPS) is 18.1. The first-order valence-electron chi connectivity index (χ1n) is 6.13. The third-order valence-electron chi connectivity index (χ3n) is 3.08. The summed E-state index contributed by atoms with van der Waals surface area (Å²) in [6.45, 7) is 6.11. The van der Waals surface area contributed by atoms with Crippen molar-refractivity contribution in [1.29, 1.82) is 0 Å². The lowest BCUT2D eigenvalue weighted by atomic mass is 9.94. The number of carbonyl (C=O) groups is 1. The van der Waals surface area contributed by atoms with E-state index < -0.39 is 0 Å². The standard InChI is InChI=1S/C12H23NO3/c1-10(2)16-8-5-11-3-6-13(7-4-11)12(15)9-14/h10-11,14H,3-9H2,1-2H3. The second-order valence-corrected chi connectivity index (χ2v) is 4.69. The molecule has 4 heteroatoms. The predicted molar refractivity (Wildman–Crippen MR) is 62.1 cm³/mol. The predicted octanol–water partition coefficient (Wildman–Crippen LogP) is 1.03. The van der Waals surface area contributed by atoms with Crippen molar-refractivity contribution in [2.75, 3.05) is 26.3 Å². The SMILES string of the molecule is CC(C)OCCC1CCN(C(=O)CO)CC1. The Hall–Kier alpha value is -0.610. The van der Waals surface area contributed by atoms with E-state index in [1.807, 2.05) is 13.8 Å². The lowest BCUT2D eigenvalue weighted by molar-refractivity contribution is -0.135. The molecule has 0 aliphatic carbocycles. The first kappa shape index (κ1) is 13.5. The van der Waals surface area contributed by atoms with Gasteiger partial charge in [0.2, 0.25) is 5.91 Å². The summed E-state index contributed by atoms with van der Waals surface area (Å²) in [5.74, 6) is 0.526. The van der Waals surface area contributed by atoms with Gasteiger partial charge in [-0.1, -0.05) is 0 Å². The number of nitrogens with zero attached hydrogens (tertiary/aromatic N) is 1. The van der Waals surface area contributed by atoms with Crippen LogP contribution in [0, 0.1) is 5.92 Å². The number of hydrogen-bond acceptors (Lipinski definition) is 3. The van der Waals surface area contributed by atoms with Gasteiger partial charge in [-0.3, -0.25) is 4.79 Å². The summed E-state index contributed by atoms with van der Waals surface area (Å²) >= 11 is 0. The molecule has 1 aliphatic rings. The number of rotatable bonds is 5. The second kappa shape index (κ2) is 6.86. The molecule has 0 bridgehead atoms. The van der Waals surface area contributed by atoms with Crippen LogP contribution in [-0.2, 0) is 9.53 Å². The molecule has 1 heterocycles. The Balaban J connectivity index is 2.14. The van der Waals surface area contributed by atoms with E-state index in [1.165, 1.54) is 0 Å². The van der Waals surface area contributed by atoms with Crippen molar-refractivity contribution in [3.05, 3.63) is 0 Å². The second-order valence-electron chi connectivity index (χ2n) is 4.69. The number of likely N-dealkylation sites (tertiary alicyclic amines) is 1. The minimum atomic E-state index is -0.360. The van der Waals surface area contributed by atoms with Gasteiger partial charge < -0.3 is 14.7 Å². The van der Waals surface area contributed by atoms with E-state index in [4.69, 9.17) is 9.84 Å². The van der Waals surface area contributed by atoms with Gasteiger partial charge in [0.05, 0.1) is 6.10 Å². The monoisotopic (exact) mass is 229 g/mol. The third kappa shape index (κ3) is 4.49. The molecule has 0 atom stereocenters. The first-order chi connectivity index (χ1) is 7.63. The van der Waals surface area contributed by atoms with Gasteiger partial charge in [-0.05, 0) is 39.0 Å². The van der Waals surface area contributed by atoms with Crippen molar-refractivity contribution in [3.8, 4) is 0 Å².